The van der Waals surface area contributed by atoms with Crippen LogP contribution in [-0.2, 0) is 0 Å². The van der Waals surface area contributed by atoms with E-state index < -0.39 is 0 Å². The molecule has 1 saturated heterocycles. The number of nitrogens with two attached hydrogens (primary N) is 1. The number of benzene rings is 1. The molecular weight excluding hydrogens is 363 g/mol. The van der Waals surface area contributed by atoms with Gasteiger partial charge in [-0.15, -0.1) is 5.10 Å². The summed E-state index contributed by atoms with van der Waals surface area (Å²) in [6.07, 6.45) is 3.54. The third kappa shape index (κ3) is 2.62. The minimum absolute atomic E-state index is 0.0613. The topological polar surface area (TPSA) is 97.8 Å². The fraction of sp³-hybridized carbons (Fsp3) is 0.316. The molecule has 28 heavy (non-hydrogen) atoms. The molecule has 0 saturated carbocycles. The lowest BCUT2D eigenvalue weighted by molar-refractivity contribution is 0.0949. The number of ether oxygens (including phenoxy) is 1. The fourth-order valence-electron chi connectivity index (χ4n) is 4.00. The summed E-state index contributed by atoms with van der Waals surface area (Å²) in [6, 6.07) is 6.33. The zero-order chi connectivity index (χ0) is 19.3. The van der Waals surface area contributed by atoms with Crippen molar-refractivity contribution in [3.05, 3.63) is 47.4 Å². The third-order valence-electron chi connectivity index (χ3n) is 5.25. The van der Waals surface area contributed by atoms with Crippen molar-refractivity contribution in [3.8, 4) is 5.75 Å². The van der Waals surface area contributed by atoms with Gasteiger partial charge in [0.05, 0.1) is 12.6 Å². The van der Waals surface area contributed by atoms with Crippen LogP contribution >= 0.6 is 0 Å². The lowest BCUT2D eigenvalue weighted by Gasteiger charge is -2.27. The molecule has 2 aliphatic rings. The largest absolute Gasteiger partial charge is 0.491 e. The van der Waals surface area contributed by atoms with Gasteiger partial charge in [-0.25, -0.2) is 13.9 Å². The Hall–Kier alpha value is -3.36. The highest BCUT2D eigenvalue weighted by Gasteiger charge is 2.31. The number of rotatable bonds is 0. The number of hydrogen-bond acceptors (Lipinski definition) is 6. The van der Waals surface area contributed by atoms with Gasteiger partial charge < -0.3 is 20.7 Å². The van der Waals surface area contributed by atoms with Crippen molar-refractivity contribution < 1.29 is 13.9 Å². The number of carbonyl (C=O) groups excluding carboxylic acids is 1. The van der Waals surface area contributed by atoms with Crippen molar-refractivity contribution in [2.75, 3.05) is 30.3 Å². The van der Waals surface area contributed by atoms with Gasteiger partial charge >= 0.3 is 0 Å². The molecule has 0 aliphatic carbocycles. The van der Waals surface area contributed by atoms with Crippen LogP contribution in [0, 0.1) is 5.82 Å². The predicted molar refractivity (Wildman–Crippen MR) is 101 cm³/mol. The smallest absolute Gasteiger partial charge is 0.259 e. The molecular formula is C19H19FN6O2. The monoisotopic (exact) mass is 382 g/mol. The number of nitrogens with one attached hydrogen (secondary N) is 1. The van der Waals surface area contributed by atoms with Gasteiger partial charge in [0.1, 0.15) is 29.6 Å². The summed E-state index contributed by atoms with van der Waals surface area (Å²) >= 11 is 0. The highest BCUT2D eigenvalue weighted by Crippen LogP contribution is 2.40. The van der Waals surface area contributed by atoms with Crippen LogP contribution in [0.1, 0.15) is 34.8 Å². The van der Waals surface area contributed by atoms with Gasteiger partial charge in [-0.3, -0.25) is 4.79 Å². The second-order valence-electron chi connectivity index (χ2n) is 6.95. The Labute approximate surface area is 160 Å². The van der Waals surface area contributed by atoms with Gasteiger partial charge in [0.25, 0.3) is 5.91 Å². The predicted octanol–water partition coefficient (Wildman–Crippen LogP) is 1.91. The van der Waals surface area contributed by atoms with Crippen LogP contribution in [0.15, 0.2) is 30.5 Å². The number of fused-ring (bicyclic) bond motifs is 5. The average Bonchev–Trinajstić information content (AvgIpc) is 3.28. The number of halogens is 1. The van der Waals surface area contributed by atoms with E-state index in [0.717, 1.165) is 24.9 Å². The molecule has 3 aromatic rings. The molecule has 0 unspecified atom stereocenters. The summed E-state index contributed by atoms with van der Waals surface area (Å²) < 4.78 is 21.4. The lowest BCUT2D eigenvalue weighted by atomic mass is 10.0. The van der Waals surface area contributed by atoms with Crippen molar-refractivity contribution >= 4 is 23.2 Å². The van der Waals surface area contributed by atoms with E-state index in [0.29, 0.717) is 17.2 Å². The van der Waals surface area contributed by atoms with E-state index in [-0.39, 0.29) is 42.3 Å². The van der Waals surface area contributed by atoms with Crippen molar-refractivity contribution in [2.45, 2.75) is 18.9 Å². The molecule has 5 rings (SSSR count). The summed E-state index contributed by atoms with van der Waals surface area (Å²) in [6.45, 7) is 1.31. The first-order valence-corrected chi connectivity index (χ1v) is 9.24. The van der Waals surface area contributed by atoms with Crippen LogP contribution in [0.5, 0.6) is 5.75 Å². The minimum atomic E-state index is -0.350. The minimum Gasteiger partial charge on any atom is -0.491 e. The molecule has 4 heterocycles. The molecule has 9 heteroatoms. The number of nitrogen functional groups attached to an aromatic ring is 1. The number of aromatic nitrogens is 3. The Morgan fingerprint density at radius 3 is 3.11 bits per heavy atom. The van der Waals surface area contributed by atoms with Gasteiger partial charge in [0, 0.05) is 18.3 Å². The second-order valence-corrected chi connectivity index (χ2v) is 6.95. The summed E-state index contributed by atoms with van der Waals surface area (Å²) in [7, 11) is 0. The number of carbonyl (C=O) groups is 1. The Balaban J connectivity index is 1.69. The van der Waals surface area contributed by atoms with E-state index in [2.05, 4.69) is 20.3 Å². The van der Waals surface area contributed by atoms with E-state index in [1.807, 2.05) is 6.07 Å². The Morgan fingerprint density at radius 1 is 1.32 bits per heavy atom. The Morgan fingerprint density at radius 2 is 2.21 bits per heavy atom. The highest BCUT2D eigenvalue weighted by atomic mass is 19.1. The molecule has 3 N–H and O–H groups in total. The van der Waals surface area contributed by atoms with E-state index in [1.54, 1.807) is 12.3 Å². The van der Waals surface area contributed by atoms with Crippen LogP contribution in [0.4, 0.5) is 16.0 Å². The molecule has 8 nitrogen and oxygen atoms in total. The SMILES string of the molecule is Nc1nn2ccc3nc2c1C(=O)NCCOc1ccc(F)cc1[C@H]1CCCN31. The summed E-state index contributed by atoms with van der Waals surface area (Å²) in [4.78, 5) is 19.4. The van der Waals surface area contributed by atoms with Gasteiger partial charge in [-0.2, -0.15) is 0 Å². The highest BCUT2D eigenvalue weighted by molar-refractivity contribution is 6.04. The Kier molecular flexibility index (Phi) is 3.81. The first-order chi connectivity index (χ1) is 13.6. The lowest BCUT2D eigenvalue weighted by Crippen LogP contribution is -2.28. The Bertz CT molecular complexity index is 1080. The van der Waals surface area contributed by atoms with Crippen LogP contribution in [-0.4, -0.2) is 40.2 Å². The van der Waals surface area contributed by atoms with E-state index in [9.17, 15) is 9.18 Å². The zero-order valence-electron chi connectivity index (χ0n) is 15.1. The number of hydrogen-bond donors (Lipinski definition) is 2. The first-order valence-electron chi connectivity index (χ1n) is 9.24. The van der Waals surface area contributed by atoms with Gasteiger partial charge in [-0.05, 0) is 37.1 Å². The normalized spacial score (nSPS) is 19.2. The van der Waals surface area contributed by atoms with Crippen molar-refractivity contribution in [1.82, 2.24) is 19.9 Å². The fourth-order valence-corrected chi connectivity index (χ4v) is 4.00. The molecule has 144 valence electrons. The summed E-state index contributed by atoms with van der Waals surface area (Å²) in [5.74, 6) is 0.786. The number of nitrogens with zero attached hydrogens (tertiary/aromatic N) is 4. The van der Waals surface area contributed by atoms with E-state index in [1.165, 1.54) is 16.6 Å². The number of anilines is 2. The molecule has 2 aromatic heterocycles. The maximum absolute atomic E-state index is 14.0. The maximum Gasteiger partial charge on any atom is 0.259 e. The molecule has 1 fully saturated rings. The first kappa shape index (κ1) is 16.8. The average molecular weight is 382 g/mol. The van der Waals surface area contributed by atoms with E-state index >= 15 is 0 Å². The van der Waals surface area contributed by atoms with Gasteiger partial charge in [0.2, 0.25) is 0 Å². The molecule has 0 spiro atoms. The second kappa shape index (κ2) is 6.36. The molecule has 1 atom stereocenters. The van der Waals surface area contributed by atoms with Crippen molar-refractivity contribution in [2.24, 2.45) is 0 Å². The maximum atomic E-state index is 14.0. The summed E-state index contributed by atoms with van der Waals surface area (Å²) in [5, 5.41) is 6.97. The molecule has 1 aromatic carbocycles. The standard InChI is InChI=1S/C19H19FN6O2/c20-11-3-4-14-12(10-11)13-2-1-7-25(13)15-5-8-26-18(23-15)16(17(21)24-26)19(27)22-6-9-28-14/h3-5,8,10,13H,1-2,6-7,9H2,(H2,21,24)(H,22,27)/t13-/m1/s1. The van der Waals surface area contributed by atoms with Crippen LogP contribution in [0.2, 0.25) is 0 Å². The quantitative estimate of drug-likeness (QED) is 0.616. The molecule has 2 aliphatic heterocycles. The van der Waals surface area contributed by atoms with Crippen LogP contribution in [0.25, 0.3) is 5.65 Å². The van der Waals surface area contributed by atoms with E-state index in [4.69, 9.17) is 10.5 Å². The molecule has 1 amide bonds. The molecule has 2 bridgehead atoms. The summed E-state index contributed by atoms with van der Waals surface area (Å²) in [5.41, 5.74) is 7.41. The van der Waals surface area contributed by atoms with Crippen LogP contribution < -0.4 is 20.7 Å². The van der Waals surface area contributed by atoms with Gasteiger partial charge in [-0.1, -0.05) is 0 Å². The number of amides is 1. The van der Waals surface area contributed by atoms with Gasteiger partial charge in [0.15, 0.2) is 11.5 Å². The molecule has 0 radical (unpaired) electrons. The van der Waals surface area contributed by atoms with Crippen molar-refractivity contribution in [1.29, 1.82) is 0 Å². The zero-order valence-corrected chi connectivity index (χ0v) is 15.1. The third-order valence-corrected chi connectivity index (χ3v) is 5.25. The van der Waals surface area contributed by atoms with Crippen LogP contribution in [0.3, 0.4) is 0 Å². The van der Waals surface area contributed by atoms with Crippen molar-refractivity contribution in [3.63, 3.8) is 0 Å².